The number of epoxide rings is 2. The number of hydrogen-bond acceptors (Lipinski definition) is 2. The summed E-state index contributed by atoms with van der Waals surface area (Å²) in [5.41, 5.74) is -2.45. The van der Waals surface area contributed by atoms with Crippen molar-refractivity contribution >= 4 is 0 Å². The van der Waals surface area contributed by atoms with Gasteiger partial charge in [-0.25, -0.2) is 0 Å². The molecule has 2 heterocycles. The Hall–Kier alpha value is -1.27. The van der Waals surface area contributed by atoms with E-state index in [1.165, 1.54) is 0 Å². The fraction of sp³-hybridized carbons (Fsp3) is 1.00. The van der Waals surface area contributed by atoms with Crippen molar-refractivity contribution in [1.82, 2.24) is 0 Å². The van der Waals surface area contributed by atoms with Crippen molar-refractivity contribution in [3.8, 4) is 0 Å². The van der Waals surface area contributed by atoms with Crippen molar-refractivity contribution in [2.45, 2.75) is 65.8 Å². The van der Waals surface area contributed by atoms with Crippen LogP contribution in [0.5, 0.6) is 0 Å². The predicted octanol–water partition coefficient (Wildman–Crippen LogP) is 5.55. The molecule has 19 heteroatoms. The van der Waals surface area contributed by atoms with Crippen LogP contribution in [0, 0.1) is 0 Å². The molecule has 0 aromatic rings. The Morgan fingerprint density at radius 3 is 1.16 bits per heavy atom. The molecular formula is C13H7F17O2. The van der Waals surface area contributed by atoms with Crippen LogP contribution in [-0.2, 0) is 9.47 Å². The van der Waals surface area contributed by atoms with Crippen LogP contribution in [0.2, 0.25) is 0 Å². The van der Waals surface area contributed by atoms with E-state index in [-0.39, 0.29) is 0 Å². The van der Waals surface area contributed by atoms with Crippen LogP contribution >= 0.6 is 0 Å². The van der Waals surface area contributed by atoms with Gasteiger partial charge in [-0.3, -0.25) is 0 Å². The summed E-state index contributed by atoms with van der Waals surface area (Å²) in [4.78, 5) is 0. The van der Waals surface area contributed by atoms with Crippen molar-refractivity contribution in [2.24, 2.45) is 0 Å². The fourth-order valence-corrected chi connectivity index (χ4v) is 2.53. The second-order valence-electron chi connectivity index (χ2n) is 7.00. The summed E-state index contributed by atoms with van der Waals surface area (Å²) < 4.78 is 232. The third-order valence-electron chi connectivity index (χ3n) is 4.74. The van der Waals surface area contributed by atoms with E-state index in [2.05, 4.69) is 9.47 Å². The maximum atomic E-state index is 13.8. The minimum atomic E-state index is -8.62. The summed E-state index contributed by atoms with van der Waals surface area (Å²) in [5, 5.41) is 0. The molecule has 0 amide bonds. The molecule has 0 spiro atoms. The molecule has 0 radical (unpaired) electrons. The van der Waals surface area contributed by atoms with Gasteiger partial charge in [0.15, 0.2) is 0 Å². The molecule has 0 aliphatic carbocycles. The zero-order valence-electron chi connectivity index (χ0n) is 14.4. The van der Waals surface area contributed by atoms with E-state index in [1.54, 1.807) is 0 Å². The van der Waals surface area contributed by atoms with Gasteiger partial charge >= 0.3 is 47.6 Å². The van der Waals surface area contributed by atoms with Crippen molar-refractivity contribution in [1.29, 1.82) is 0 Å². The van der Waals surface area contributed by atoms with E-state index in [4.69, 9.17) is 0 Å². The predicted molar refractivity (Wildman–Crippen MR) is 63.7 cm³/mol. The van der Waals surface area contributed by atoms with E-state index in [9.17, 15) is 74.6 Å². The van der Waals surface area contributed by atoms with Gasteiger partial charge in [0.05, 0.1) is 19.6 Å². The Balaban J connectivity index is 2.49. The lowest BCUT2D eigenvalue weighted by molar-refractivity contribution is -0.462. The molecule has 0 N–H and O–H groups in total. The van der Waals surface area contributed by atoms with Crippen LogP contribution in [0.4, 0.5) is 74.6 Å². The molecule has 0 aromatic carbocycles. The lowest BCUT2D eigenvalue weighted by Crippen LogP contribution is -2.74. The minimum Gasteiger partial charge on any atom is -0.370 e. The topological polar surface area (TPSA) is 25.1 Å². The smallest absolute Gasteiger partial charge is 0.370 e. The largest absolute Gasteiger partial charge is 0.460 e. The van der Waals surface area contributed by atoms with Gasteiger partial charge in [0.2, 0.25) is 0 Å². The first-order valence-electron chi connectivity index (χ1n) is 7.74. The van der Waals surface area contributed by atoms with Crippen LogP contribution in [0.1, 0.15) is 6.42 Å². The molecule has 2 aliphatic heterocycles. The molecule has 0 bridgehead atoms. The second kappa shape index (κ2) is 6.65. The van der Waals surface area contributed by atoms with Crippen LogP contribution in [0.15, 0.2) is 0 Å². The molecule has 2 saturated heterocycles. The van der Waals surface area contributed by atoms with Gasteiger partial charge in [-0.05, 0) is 0 Å². The number of halogens is 17. The Kier molecular flexibility index (Phi) is 5.61. The van der Waals surface area contributed by atoms with Gasteiger partial charge in [0.1, 0.15) is 11.7 Å². The van der Waals surface area contributed by atoms with Crippen LogP contribution in [-0.4, -0.2) is 72.6 Å². The summed E-state index contributed by atoms with van der Waals surface area (Å²) in [6, 6.07) is 0. The lowest BCUT2D eigenvalue weighted by Gasteiger charge is -2.43. The molecule has 2 unspecified atom stereocenters. The van der Waals surface area contributed by atoms with Gasteiger partial charge < -0.3 is 9.47 Å². The van der Waals surface area contributed by atoms with Gasteiger partial charge in [-0.1, -0.05) is 0 Å². The molecule has 2 aliphatic rings. The Labute approximate surface area is 164 Å². The third kappa shape index (κ3) is 3.31. The molecule has 2 nitrogen and oxygen atoms in total. The Morgan fingerprint density at radius 2 is 0.875 bits per heavy atom. The van der Waals surface area contributed by atoms with Crippen molar-refractivity contribution in [2.75, 3.05) is 13.2 Å². The van der Waals surface area contributed by atoms with Gasteiger partial charge in [-0.15, -0.1) is 0 Å². The van der Waals surface area contributed by atoms with E-state index < -0.39 is 79.0 Å². The highest BCUT2D eigenvalue weighted by Gasteiger charge is 2.95. The summed E-state index contributed by atoms with van der Waals surface area (Å²) in [7, 11) is 0. The van der Waals surface area contributed by atoms with E-state index >= 15 is 0 Å². The highest BCUT2D eigenvalue weighted by atomic mass is 19.4. The molecule has 0 saturated carbocycles. The maximum absolute atomic E-state index is 13.8. The first-order chi connectivity index (χ1) is 13.8. The monoisotopic (exact) mass is 518 g/mol. The molecule has 2 atom stereocenters. The van der Waals surface area contributed by atoms with Crippen molar-refractivity contribution < 1.29 is 84.1 Å². The first-order valence-corrected chi connectivity index (χ1v) is 7.74. The zero-order valence-corrected chi connectivity index (χ0v) is 14.4. The SMILES string of the molecule is FC(F)(F)C(F)(F)C(F)(F)C(F)(F)C(F)(F)C(F)(F)C(F)(F)C(F)(F)CC1(C2CO2)CO1. The second-order valence-corrected chi connectivity index (χ2v) is 7.00. The molecule has 190 valence electrons. The third-order valence-corrected chi connectivity index (χ3v) is 4.74. The summed E-state index contributed by atoms with van der Waals surface area (Å²) in [6.45, 7) is -1.33. The minimum absolute atomic E-state index is 0.453. The Morgan fingerprint density at radius 1 is 0.562 bits per heavy atom. The van der Waals surface area contributed by atoms with Gasteiger partial charge in [0.25, 0.3) is 0 Å². The van der Waals surface area contributed by atoms with Gasteiger partial charge in [-0.2, -0.15) is 74.6 Å². The van der Waals surface area contributed by atoms with E-state index in [0.29, 0.717) is 0 Å². The lowest BCUT2D eigenvalue weighted by atomic mass is 9.86. The van der Waals surface area contributed by atoms with E-state index in [1.807, 2.05) is 0 Å². The van der Waals surface area contributed by atoms with Crippen LogP contribution < -0.4 is 0 Å². The fourth-order valence-electron chi connectivity index (χ4n) is 2.53. The molecule has 2 rings (SSSR count). The average Bonchev–Trinajstić information content (AvgIpc) is 3.46. The zero-order chi connectivity index (χ0) is 25.6. The maximum Gasteiger partial charge on any atom is 0.460 e. The first kappa shape index (κ1) is 27.0. The normalized spacial score (nSPS) is 26.3. The van der Waals surface area contributed by atoms with Gasteiger partial charge in [0, 0.05) is 0 Å². The number of ether oxygens (including phenoxy) is 2. The van der Waals surface area contributed by atoms with Crippen molar-refractivity contribution in [3.63, 3.8) is 0 Å². The number of rotatable bonds is 9. The summed E-state index contributed by atoms with van der Waals surface area (Å²) in [5.74, 6) is -56.2. The number of hydrogen-bond donors (Lipinski definition) is 0. The Bertz CT molecular complexity index is 731. The summed E-state index contributed by atoms with van der Waals surface area (Å²) >= 11 is 0. The number of alkyl halides is 17. The molecule has 0 aromatic heterocycles. The average molecular weight is 518 g/mol. The van der Waals surface area contributed by atoms with Crippen molar-refractivity contribution in [3.05, 3.63) is 0 Å². The quantitative estimate of drug-likeness (QED) is 0.296. The van der Waals surface area contributed by atoms with Crippen LogP contribution in [0.25, 0.3) is 0 Å². The highest BCUT2D eigenvalue weighted by molar-refractivity contribution is 5.17. The molecular weight excluding hydrogens is 511 g/mol. The van der Waals surface area contributed by atoms with Crippen LogP contribution in [0.3, 0.4) is 0 Å². The highest BCUT2D eigenvalue weighted by Crippen LogP contribution is 2.65. The molecule has 32 heavy (non-hydrogen) atoms. The summed E-state index contributed by atoms with van der Waals surface area (Å²) in [6.07, 6.45) is -11.8. The molecule has 2 fully saturated rings. The van der Waals surface area contributed by atoms with E-state index in [0.717, 1.165) is 0 Å². The standard InChI is InChI=1S/C13H7F17O2/c14-6(15,2-5(3-32-5)4-1-31-4)7(16,17)8(18,19)9(20,21)10(22,23)11(24,25)12(26,27)13(28,29)30/h4H,1-3H2.